The molecule has 0 amide bonds. The molecule has 0 aromatic rings. The van der Waals surface area contributed by atoms with Gasteiger partial charge in [0, 0.05) is 6.42 Å². The third kappa shape index (κ3) is 7.33. The summed E-state index contributed by atoms with van der Waals surface area (Å²) in [4.78, 5) is 10.8. The topological polar surface area (TPSA) is 38.3 Å². The smallest absolute Gasteiger partial charge is 0.305 e. The molecule has 0 radical (unpaired) electrons. The van der Waals surface area contributed by atoms with E-state index in [1.54, 1.807) is 0 Å². The van der Waals surface area contributed by atoms with Gasteiger partial charge in [-0.3, -0.25) is 4.79 Å². The van der Waals surface area contributed by atoms with Crippen molar-refractivity contribution in [1.82, 2.24) is 5.32 Å². The molecule has 0 fully saturated rings. The fourth-order valence-electron chi connectivity index (χ4n) is 0.698. The zero-order valence-electron chi connectivity index (χ0n) is 7.35. The van der Waals surface area contributed by atoms with Crippen LogP contribution >= 0.6 is 0 Å². The molecule has 0 unspecified atom stereocenters. The molecule has 3 heteroatoms. The SMILES string of the molecule is CCCOC(=O)CCCNC. The van der Waals surface area contributed by atoms with Gasteiger partial charge in [-0.25, -0.2) is 0 Å². The zero-order chi connectivity index (χ0) is 8.53. The van der Waals surface area contributed by atoms with Crippen LogP contribution in [-0.2, 0) is 9.53 Å². The Labute approximate surface area is 68.1 Å². The third-order valence-electron chi connectivity index (χ3n) is 1.27. The minimum Gasteiger partial charge on any atom is -0.466 e. The molecule has 0 saturated heterocycles. The van der Waals surface area contributed by atoms with Crippen molar-refractivity contribution in [1.29, 1.82) is 0 Å². The van der Waals surface area contributed by atoms with Crippen molar-refractivity contribution in [3.63, 3.8) is 0 Å². The van der Waals surface area contributed by atoms with Crippen LogP contribution in [0, 0.1) is 0 Å². The quantitative estimate of drug-likeness (QED) is 0.463. The Morgan fingerprint density at radius 3 is 2.82 bits per heavy atom. The Hall–Kier alpha value is -0.570. The van der Waals surface area contributed by atoms with E-state index in [4.69, 9.17) is 4.74 Å². The van der Waals surface area contributed by atoms with Crippen LogP contribution < -0.4 is 5.32 Å². The van der Waals surface area contributed by atoms with Gasteiger partial charge in [-0.05, 0) is 26.4 Å². The predicted octanol–water partition coefficient (Wildman–Crippen LogP) is 0.939. The van der Waals surface area contributed by atoms with Gasteiger partial charge >= 0.3 is 5.97 Å². The van der Waals surface area contributed by atoms with Crippen LogP contribution in [0.4, 0.5) is 0 Å². The minimum absolute atomic E-state index is 0.0814. The molecule has 0 rings (SSSR count). The summed E-state index contributed by atoms with van der Waals surface area (Å²) in [6, 6.07) is 0. The average Bonchev–Trinajstić information content (AvgIpc) is 2.01. The number of rotatable bonds is 6. The molecule has 0 aromatic carbocycles. The average molecular weight is 159 g/mol. The number of carbonyl (C=O) groups is 1. The number of esters is 1. The van der Waals surface area contributed by atoms with E-state index in [-0.39, 0.29) is 5.97 Å². The van der Waals surface area contributed by atoms with Crippen LogP contribution in [0.2, 0.25) is 0 Å². The first kappa shape index (κ1) is 10.4. The number of hydrogen-bond acceptors (Lipinski definition) is 3. The summed E-state index contributed by atoms with van der Waals surface area (Å²) in [6.45, 7) is 3.42. The molecule has 1 N–H and O–H groups in total. The summed E-state index contributed by atoms with van der Waals surface area (Å²) in [7, 11) is 1.87. The minimum atomic E-state index is -0.0814. The largest absolute Gasteiger partial charge is 0.466 e. The van der Waals surface area contributed by atoms with Gasteiger partial charge in [0.1, 0.15) is 0 Å². The predicted molar refractivity (Wildman–Crippen MR) is 44.4 cm³/mol. The van der Waals surface area contributed by atoms with Gasteiger partial charge in [0.05, 0.1) is 6.61 Å². The second kappa shape index (κ2) is 7.54. The summed E-state index contributed by atoms with van der Waals surface area (Å²) in [6.07, 6.45) is 2.29. The molecule has 0 aromatic heterocycles. The lowest BCUT2D eigenvalue weighted by molar-refractivity contribution is -0.143. The molecular formula is C8H17NO2. The summed E-state index contributed by atoms with van der Waals surface area (Å²) >= 11 is 0. The van der Waals surface area contributed by atoms with E-state index in [2.05, 4.69) is 5.32 Å². The molecular weight excluding hydrogens is 142 g/mol. The first-order valence-corrected chi connectivity index (χ1v) is 4.11. The Morgan fingerprint density at radius 1 is 1.55 bits per heavy atom. The lowest BCUT2D eigenvalue weighted by Crippen LogP contribution is -2.11. The highest BCUT2D eigenvalue weighted by molar-refractivity contribution is 5.69. The highest BCUT2D eigenvalue weighted by atomic mass is 16.5. The first-order chi connectivity index (χ1) is 5.31. The van der Waals surface area contributed by atoms with Crippen molar-refractivity contribution >= 4 is 5.97 Å². The van der Waals surface area contributed by atoms with Gasteiger partial charge in [-0.1, -0.05) is 6.92 Å². The monoisotopic (exact) mass is 159 g/mol. The van der Waals surface area contributed by atoms with Gasteiger partial charge in [0.25, 0.3) is 0 Å². The summed E-state index contributed by atoms with van der Waals surface area (Å²) in [5, 5.41) is 2.97. The fourth-order valence-corrected chi connectivity index (χ4v) is 0.698. The normalized spacial score (nSPS) is 9.64. The third-order valence-corrected chi connectivity index (χ3v) is 1.27. The Kier molecular flexibility index (Phi) is 7.15. The highest BCUT2D eigenvalue weighted by Crippen LogP contribution is 1.92. The molecule has 3 nitrogen and oxygen atoms in total. The van der Waals surface area contributed by atoms with Crippen molar-refractivity contribution in [3.05, 3.63) is 0 Å². The van der Waals surface area contributed by atoms with E-state index in [1.165, 1.54) is 0 Å². The van der Waals surface area contributed by atoms with Crippen molar-refractivity contribution in [2.24, 2.45) is 0 Å². The van der Waals surface area contributed by atoms with E-state index in [0.29, 0.717) is 13.0 Å². The van der Waals surface area contributed by atoms with E-state index in [1.807, 2.05) is 14.0 Å². The van der Waals surface area contributed by atoms with E-state index in [0.717, 1.165) is 19.4 Å². The summed E-state index contributed by atoms with van der Waals surface area (Å²) < 4.78 is 4.87. The molecule has 66 valence electrons. The van der Waals surface area contributed by atoms with E-state index >= 15 is 0 Å². The molecule has 0 aliphatic heterocycles. The molecule has 0 aliphatic carbocycles. The lowest BCUT2D eigenvalue weighted by Gasteiger charge is -2.01. The fraction of sp³-hybridized carbons (Fsp3) is 0.875. The van der Waals surface area contributed by atoms with Gasteiger partial charge in [0.15, 0.2) is 0 Å². The zero-order valence-corrected chi connectivity index (χ0v) is 7.35. The van der Waals surface area contributed by atoms with Crippen LogP contribution in [-0.4, -0.2) is 26.2 Å². The Morgan fingerprint density at radius 2 is 2.27 bits per heavy atom. The second-order valence-electron chi connectivity index (χ2n) is 2.43. The van der Waals surface area contributed by atoms with Gasteiger partial charge in [0.2, 0.25) is 0 Å². The molecule has 0 atom stereocenters. The van der Waals surface area contributed by atoms with Crippen LogP contribution in [0.5, 0.6) is 0 Å². The van der Waals surface area contributed by atoms with Crippen molar-refractivity contribution in [3.8, 4) is 0 Å². The second-order valence-corrected chi connectivity index (χ2v) is 2.43. The maximum Gasteiger partial charge on any atom is 0.305 e. The van der Waals surface area contributed by atoms with Crippen LogP contribution in [0.3, 0.4) is 0 Å². The van der Waals surface area contributed by atoms with Crippen molar-refractivity contribution in [2.45, 2.75) is 26.2 Å². The Balaban J connectivity index is 3.09. The summed E-state index contributed by atoms with van der Waals surface area (Å²) in [5.41, 5.74) is 0. The molecule has 0 saturated carbocycles. The van der Waals surface area contributed by atoms with E-state index in [9.17, 15) is 4.79 Å². The summed E-state index contributed by atoms with van der Waals surface area (Å²) in [5.74, 6) is -0.0814. The van der Waals surface area contributed by atoms with Crippen molar-refractivity contribution < 1.29 is 9.53 Å². The van der Waals surface area contributed by atoms with Crippen LogP contribution in [0.25, 0.3) is 0 Å². The first-order valence-electron chi connectivity index (χ1n) is 4.11. The van der Waals surface area contributed by atoms with Gasteiger partial charge < -0.3 is 10.1 Å². The standard InChI is InChI=1S/C8H17NO2/c1-3-7-11-8(10)5-4-6-9-2/h9H,3-7H2,1-2H3. The molecule has 0 aliphatic rings. The van der Waals surface area contributed by atoms with Gasteiger partial charge in [-0.15, -0.1) is 0 Å². The molecule has 0 bridgehead atoms. The number of carbonyl (C=O) groups excluding carboxylic acids is 1. The maximum absolute atomic E-state index is 10.8. The maximum atomic E-state index is 10.8. The highest BCUT2D eigenvalue weighted by Gasteiger charge is 1.99. The number of hydrogen-bond donors (Lipinski definition) is 1. The number of nitrogens with one attached hydrogen (secondary N) is 1. The van der Waals surface area contributed by atoms with Gasteiger partial charge in [-0.2, -0.15) is 0 Å². The van der Waals surface area contributed by atoms with Crippen molar-refractivity contribution in [2.75, 3.05) is 20.2 Å². The van der Waals surface area contributed by atoms with E-state index < -0.39 is 0 Å². The van der Waals surface area contributed by atoms with Crippen LogP contribution in [0.15, 0.2) is 0 Å². The number of ether oxygens (including phenoxy) is 1. The molecule has 0 spiro atoms. The lowest BCUT2D eigenvalue weighted by atomic mass is 10.3. The molecule has 11 heavy (non-hydrogen) atoms. The molecule has 0 heterocycles. The van der Waals surface area contributed by atoms with Crippen LogP contribution in [0.1, 0.15) is 26.2 Å². The Bertz CT molecular complexity index is 104.